The Kier molecular flexibility index (Phi) is 8.02. The van der Waals surface area contributed by atoms with Gasteiger partial charge in [-0.1, -0.05) is 78.9 Å². The summed E-state index contributed by atoms with van der Waals surface area (Å²) in [6.45, 7) is 6.26. The highest BCUT2D eigenvalue weighted by molar-refractivity contribution is 5.92. The number of hydrazine groups is 1. The van der Waals surface area contributed by atoms with Crippen molar-refractivity contribution in [3.05, 3.63) is 108 Å². The van der Waals surface area contributed by atoms with Crippen LogP contribution in [0.25, 0.3) is 0 Å². The first-order chi connectivity index (χ1) is 21.0. The van der Waals surface area contributed by atoms with E-state index in [4.69, 9.17) is 4.74 Å². The van der Waals surface area contributed by atoms with E-state index in [2.05, 4.69) is 16.8 Å². The van der Waals surface area contributed by atoms with Gasteiger partial charge >= 0.3 is 6.03 Å². The van der Waals surface area contributed by atoms with Crippen molar-refractivity contribution < 1.29 is 19.1 Å². The van der Waals surface area contributed by atoms with Crippen molar-refractivity contribution in [2.75, 3.05) is 44.7 Å². The molecule has 3 aromatic carbocycles. The minimum absolute atomic E-state index is 0.0314. The second-order valence-electron chi connectivity index (χ2n) is 11.0. The number of rotatable bonds is 8. The van der Waals surface area contributed by atoms with Crippen LogP contribution in [0.3, 0.4) is 0 Å². The monoisotopic (exact) mass is 580 g/mol. The van der Waals surface area contributed by atoms with Gasteiger partial charge in [-0.2, -0.15) is 5.01 Å². The molecule has 3 aliphatic heterocycles. The molecule has 2 atom stereocenters. The maximum absolute atomic E-state index is 14.2. The number of likely N-dealkylation sites (N-methyl/N-ethyl adjacent to an activating group) is 1. The Labute approximate surface area is 251 Å². The molecular formula is C33H36N6O4. The van der Waals surface area contributed by atoms with Gasteiger partial charge in [0.2, 0.25) is 5.91 Å². The third-order valence-corrected chi connectivity index (χ3v) is 8.23. The van der Waals surface area contributed by atoms with E-state index >= 15 is 0 Å². The van der Waals surface area contributed by atoms with Gasteiger partial charge < -0.3 is 24.8 Å². The van der Waals surface area contributed by atoms with Crippen LogP contribution in [0.5, 0.6) is 5.75 Å². The average Bonchev–Trinajstić information content (AvgIpc) is 3.35. The number of nitrogens with zero attached hydrogens (tertiary/aromatic N) is 5. The Balaban J connectivity index is 1.32. The summed E-state index contributed by atoms with van der Waals surface area (Å²) in [4.78, 5) is 47.0. The van der Waals surface area contributed by atoms with E-state index in [0.29, 0.717) is 19.7 Å². The van der Waals surface area contributed by atoms with Crippen LogP contribution in [0.4, 0.5) is 10.5 Å². The number of para-hydroxylation sites is 1. The number of carbonyl (C=O) groups excluding carboxylic acids is 3. The number of piperazine rings is 1. The van der Waals surface area contributed by atoms with Gasteiger partial charge in [0.25, 0.3) is 5.91 Å². The van der Waals surface area contributed by atoms with E-state index in [1.54, 1.807) is 20.9 Å². The van der Waals surface area contributed by atoms with E-state index in [0.717, 1.165) is 34.7 Å². The Hall–Kier alpha value is -4.83. The molecule has 3 heterocycles. The van der Waals surface area contributed by atoms with E-state index in [1.165, 1.54) is 5.01 Å². The van der Waals surface area contributed by atoms with Crippen molar-refractivity contribution in [2.45, 2.75) is 25.3 Å². The number of ether oxygens (including phenoxy) is 1. The number of fused-ring (bicyclic) bond motifs is 2. The zero-order valence-corrected chi connectivity index (χ0v) is 24.3. The third kappa shape index (κ3) is 5.53. The molecule has 1 N–H and O–H groups in total. The molecule has 3 aromatic rings. The minimum atomic E-state index is -0.821. The Morgan fingerprint density at radius 2 is 1.79 bits per heavy atom. The molecule has 0 radical (unpaired) electrons. The molecule has 43 heavy (non-hydrogen) atoms. The summed E-state index contributed by atoms with van der Waals surface area (Å²) in [5, 5.41) is 6.27. The molecule has 0 aliphatic carbocycles. The lowest BCUT2D eigenvalue weighted by molar-refractivity contribution is -0.158. The molecule has 2 saturated heterocycles. The van der Waals surface area contributed by atoms with Crippen LogP contribution < -0.4 is 15.0 Å². The van der Waals surface area contributed by atoms with Gasteiger partial charge in [-0.25, -0.2) is 4.79 Å². The summed E-state index contributed by atoms with van der Waals surface area (Å²) >= 11 is 0. The minimum Gasteiger partial charge on any atom is -0.489 e. The van der Waals surface area contributed by atoms with E-state index in [9.17, 15) is 14.4 Å². The van der Waals surface area contributed by atoms with Crippen molar-refractivity contribution >= 4 is 23.5 Å². The van der Waals surface area contributed by atoms with E-state index in [1.807, 2.05) is 85.9 Å². The van der Waals surface area contributed by atoms with Crippen LogP contribution in [0.2, 0.25) is 0 Å². The van der Waals surface area contributed by atoms with Crippen molar-refractivity contribution in [1.29, 1.82) is 0 Å². The molecule has 2 fully saturated rings. The molecular weight excluding hydrogens is 544 g/mol. The number of hydrogen-bond acceptors (Lipinski definition) is 6. The predicted octanol–water partition coefficient (Wildman–Crippen LogP) is 3.38. The van der Waals surface area contributed by atoms with E-state index < -0.39 is 12.2 Å². The average molecular weight is 581 g/mol. The number of amides is 4. The van der Waals surface area contributed by atoms with Crippen LogP contribution in [0, 0.1) is 0 Å². The quantitative estimate of drug-likeness (QED) is 0.411. The fourth-order valence-electron chi connectivity index (χ4n) is 6.11. The summed E-state index contributed by atoms with van der Waals surface area (Å²) in [6, 6.07) is 23.8. The predicted molar refractivity (Wildman–Crippen MR) is 163 cm³/mol. The second-order valence-corrected chi connectivity index (χ2v) is 11.0. The number of carbonyl (C=O) groups is 3. The lowest BCUT2D eigenvalue weighted by atomic mass is 9.99. The highest BCUT2D eigenvalue weighted by atomic mass is 16.5. The molecule has 222 valence electrons. The van der Waals surface area contributed by atoms with Gasteiger partial charge in [0.1, 0.15) is 24.6 Å². The molecule has 10 nitrogen and oxygen atoms in total. The highest BCUT2D eigenvalue weighted by Gasteiger charge is 2.52. The van der Waals surface area contributed by atoms with Gasteiger partial charge in [0.05, 0.1) is 31.9 Å². The smallest absolute Gasteiger partial charge is 0.332 e. The molecule has 0 saturated carbocycles. The molecule has 0 aromatic heterocycles. The first-order valence-electron chi connectivity index (χ1n) is 14.5. The van der Waals surface area contributed by atoms with Gasteiger partial charge in [0.15, 0.2) is 0 Å². The van der Waals surface area contributed by atoms with Gasteiger partial charge in [0, 0.05) is 25.7 Å². The normalized spacial score (nSPS) is 19.9. The van der Waals surface area contributed by atoms with Crippen LogP contribution in [-0.2, 0) is 22.7 Å². The van der Waals surface area contributed by atoms with Crippen LogP contribution in [0.15, 0.2) is 91.5 Å². The number of urea groups is 1. The van der Waals surface area contributed by atoms with Crippen molar-refractivity contribution in [2.24, 2.45) is 0 Å². The molecule has 0 spiro atoms. The lowest BCUT2D eigenvalue weighted by Gasteiger charge is -2.46. The Morgan fingerprint density at radius 3 is 2.53 bits per heavy atom. The van der Waals surface area contributed by atoms with Crippen LogP contribution >= 0.6 is 0 Å². The highest BCUT2D eigenvalue weighted by Crippen LogP contribution is 2.39. The summed E-state index contributed by atoms with van der Waals surface area (Å²) in [7, 11) is 2.03. The SMILES string of the molecule is C=CCN(C(=O)NCc1ccccc1)N1CC(=O)N2[C@@H](c3ccccc3)C(=O)N(Cc3cccc4c3OCCN4C)C[C@@H]21. The summed E-state index contributed by atoms with van der Waals surface area (Å²) < 4.78 is 6.08. The number of nitrogens with one attached hydrogen (secondary N) is 1. The van der Waals surface area contributed by atoms with Crippen LogP contribution in [0.1, 0.15) is 22.7 Å². The van der Waals surface area contributed by atoms with Crippen LogP contribution in [-0.4, -0.2) is 83.7 Å². The standard InChI is InChI=1S/C33H36N6O4/c1-3-17-37(33(42)34-20-24-11-6-4-7-12-24)38-23-29(40)39-28(38)22-36(32(41)30(39)25-13-8-5-9-14-25)21-26-15-10-16-27-31(26)43-19-18-35(27)2/h3-16,28,30H,1,17-23H2,2H3,(H,34,42)/t28-,30+/m1/s1. The summed E-state index contributed by atoms with van der Waals surface area (Å²) in [6.07, 6.45) is 1.08. The summed E-state index contributed by atoms with van der Waals surface area (Å²) in [5.74, 6) is 0.401. The molecule has 4 amide bonds. The molecule has 0 bridgehead atoms. The third-order valence-electron chi connectivity index (χ3n) is 8.23. The maximum atomic E-state index is 14.2. The largest absolute Gasteiger partial charge is 0.489 e. The fraction of sp³-hybridized carbons (Fsp3) is 0.303. The van der Waals surface area contributed by atoms with Crippen molar-refractivity contribution in [3.8, 4) is 5.75 Å². The fourth-order valence-corrected chi connectivity index (χ4v) is 6.11. The molecule has 3 aliphatic rings. The first-order valence-corrected chi connectivity index (χ1v) is 14.5. The zero-order chi connectivity index (χ0) is 29.9. The Bertz CT molecular complexity index is 1500. The van der Waals surface area contributed by atoms with Crippen molar-refractivity contribution in [3.63, 3.8) is 0 Å². The second kappa shape index (κ2) is 12.2. The molecule has 6 rings (SSSR count). The number of anilines is 1. The first kappa shape index (κ1) is 28.3. The molecule has 0 unspecified atom stereocenters. The zero-order valence-electron chi connectivity index (χ0n) is 24.3. The van der Waals surface area contributed by atoms with Gasteiger partial charge in [-0.15, -0.1) is 6.58 Å². The summed E-state index contributed by atoms with van der Waals surface area (Å²) in [5.41, 5.74) is 3.58. The van der Waals surface area contributed by atoms with Crippen molar-refractivity contribution in [1.82, 2.24) is 25.1 Å². The maximum Gasteiger partial charge on any atom is 0.332 e. The molecule has 10 heteroatoms. The number of benzene rings is 3. The number of hydrogen-bond donors (Lipinski definition) is 1. The van der Waals surface area contributed by atoms with E-state index in [-0.39, 0.29) is 37.5 Å². The lowest BCUT2D eigenvalue weighted by Crippen LogP contribution is -2.62. The van der Waals surface area contributed by atoms with Gasteiger partial charge in [-0.05, 0) is 17.2 Å². The Morgan fingerprint density at radius 1 is 1.05 bits per heavy atom. The van der Waals surface area contributed by atoms with Gasteiger partial charge in [-0.3, -0.25) is 14.6 Å². The topological polar surface area (TPSA) is 88.7 Å².